The molecule has 1 N–H and O–H groups in total. The zero-order chi connectivity index (χ0) is 25.2. The number of thioether (sulfide) groups is 1. The summed E-state index contributed by atoms with van der Waals surface area (Å²) in [6, 6.07) is 0. The van der Waals surface area contributed by atoms with Crippen LogP contribution in [0.5, 0.6) is 0 Å². The van der Waals surface area contributed by atoms with Gasteiger partial charge >= 0.3 is 5.97 Å². The number of halogens is 2. The third-order valence-electron chi connectivity index (χ3n) is 10.1. The van der Waals surface area contributed by atoms with E-state index in [1.54, 1.807) is 6.92 Å². The van der Waals surface area contributed by atoms with Gasteiger partial charge in [-0.25, -0.2) is 8.78 Å². The zero-order valence-corrected chi connectivity index (χ0v) is 21.5. The average molecular weight is 513 g/mol. The van der Waals surface area contributed by atoms with Gasteiger partial charge < -0.3 is 19.3 Å². The molecule has 9 heteroatoms. The topological polar surface area (TPSA) is 82.1 Å². The number of cyclic esters (lactones) is 1. The smallest absolute Gasteiger partial charge is 0.319 e. The molecule has 6 nitrogen and oxygen atoms in total. The van der Waals surface area contributed by atoms with Gasteiger partial charge in [-0.2, -0.15) is 0 Å². The molecule has 2 saturated heterocycles. The highest BCUT2D eigenvalue weighted by Gasteiger charge is 2.79. The van der Waals surface area contributed by atoms with Crippen molar-refractivity contribution in [1.82, 2.24) is 0 Å². The van der Waals surface area contributed by atoms with E-state index in [9.17, 15) is 14.7 Å². The van der Waals surface area contributed by atoms with Gasteiger partial charge in [0.1, 0.15) is 28.1 Å². The summed E-state index contributed by atoms with van der Waals surface area (Å²) in [4.78, 5) is 23.6. The van der Waals surface area contributed by atoms with Crippen LogP contribution in [-0.2, 0) is 23.8 Å². The van der Waals surface area contributed by atoms with Crippen LogP contribution < -0.4 is 0 Å². The third-order valence-corrected chi connectivity index (χ3v) is 12.0. The molecule has 6 rings (SSSR count). The number of aliphatic hydroxyl groups is 1. The Morgan fingerprint density at radius 1 is 1.14 bits per heavy atom. The monoisotopic (exact) mass is 512 g/mol. The molecule has 0 amide bonds. The number of carbonyl (C=O) groups excluding carboxylic acids is 2. The lowest BCUT2D eigenvalue weighted by atomic mass is 9.44. The fourth-order valence-corrected chi connectivity index (χ4v) is 10.4. The first-order chi connectivity index (χ1) is 16.3. The number of aliphatic hydroxyl groups excluding tert-OH is 1. The van der Waals surface area contributed by atoms with E-state index < -0.39 is 56.8 Å². The molecule has 35 heavy (non-hydrogen) atoms. The average Bonchev–Trinajstić information content (AvgIpc) is 3.35. The van der Waals surface area contributed by atoms with Gasteiger partial charge in [0.2, 0.25) is 0 Å². The Hall–Kier alpha value is -1.03. The summed E-state index contributed by atoms with van der Waals surface area (Å²) in [5.41, 5.74) is -3.89. The zero-order valence-electron chi connectivity index (χ0n) is 20.6. The molecule has 2 heterocycles. The Morgan fingerprint density at radius 3 is 2.57 bits per heavy atom. The predicted octanol–water partition coefficient (Wildman–Crippen LogP) is 4.04. The second-order valence-corrected chi connectivity index (χ2v) is 13.7. The largest absolute Gasteiger partial charge is 0.465 e. The molecule has 2 aliphatic heterocycles. The van der Waals surface area contributed by atoms with E-state index in [4.69, 9.17) is 14.2 Å². The quantitative estimate of drug-likeness (QED) is 0.560. The normalized spacial score (nSPS) is 54.4. The van der Waals surface area contributed by atoms with Crippen LogP contribution in [0.15, 0.2) is 11.6 Å². The maximum absolute atomic E-state index is 17.4. The molecule has 0 aromatic heterocycles. The van der Waals surface area contributed by atoms with Crippen LogP contribution in [-0.4, -0.2) is 63.5 Å². The van der Waals surface area contributed by atoms with Gasteiger partial charge in [0.15, 0.2) is 11.6 Å². The van der Waals surface area contributed by atoms with Crippen molar-refractivity contribution < 1.29 is 37.7 Å². The third kappa shape index (κ3) is 2.93. The van der Waals surface area contributed by atoms with Crippen LogP contribution in [0, 0.1) is 22.7 Å². The van der Waals surface area contributed by atoms with Gasteiger partial charge in [-0.15, -0.1) is 11.8 Å². The molecular formula is C26H34F2O6S. The molecule has 0 aromatic carbocycles. The number of hydrogen-bond donors (Lipinski definition) is 1. The van der Waals surface area contributed by atoms with E-state index in [0.717, 1.165) is 0 Å². The SMILES string of the molecule is CC1(C)O[C@@H]2C[C@H]3[C@@H]4C[C@H](F)C5=CC(=O)CC[C@]5(C)[C@@]4(F)[C@@H](O)C[C@]3(C)[C@]2(SC2CCOC2=O)O1. The Bertz CT molecular complexity index is 1020. The minimum atomic E-state index is -2.07. The summed E-state index contributed by atoms with van der Waals surface area (Å²) >= 11 is 1.39. The van der Waals surface area contributed by atoms with Crippen molar-refractivity contribution >= 4 is 23.5 Å². The molecule has 0 bridgehead atoms. The van der Waals surface area contributed by atoms with E-state index in [1.165, 1.54) is 17.8 Å². The maximum atomic E-state index is 17.4. The number of fused-ring (bicyclic) bond motifs is 7. The molecule has 10 atom stereocenters. The van der Waals surface area contributed by atoms with E-state index in [2.05, 4.69) is 0 Å². The summed E-state index contributed by atoms with van der Waals surface area (Å²) in [5, 5.41) is 11.2. The Labute approximate surface area is 208 Å². The summed E-state index contributed by atoms with van der Waals surface area (Å²) < 4.78 is 51.3. The number of esters is 1. The molecule has 0 aromatic rings. The lowest BCUT2D eigenvalue weighted by Gasteiger charge is -2.64. The van der Waals surface area contributed by atoms with Crippen molar-refractivity contribution in [3.8, 4) is 0 Å². The Balaban J connectivity index is 1.45. The van der Waals surface area contributed by atoms with E-state index in [1.807, 2.05) is 20.8 Å². The van der Waals surface area contributed by atoms with E-state index in [0.29, 0.717) is 19.4 Å². The van der Waals surface area contributed by atoms with Crippen molar-refractivity contribution in [3.63, 3.8) is 0 Å². The van der Waals surface area contributed by atoms with Gasteiger partial charge in [0.25, 0.3) is 0 Å². The van der Waals surface area contributed by atoms with Gasteiger partial charge in [-0.3, -0.25) is 9.59 Å². The number of allylic oxidation sites excluding steroid dienone is 1. The summed E-state index contributed by atoms with van der Waals surface area (Å²) in [6.07, 6.45) is -0.623. The van der Waals surface area contributed by atoms with Crippen molar-refractivity contribution in [3.05, 3.63) is 11.6 Å². The number of carbonyl (C=O) groups is 2. The van der Waals surface area contributed by atoms with Crippen molar-refractivity contribution in [2.24, 2.45) is 22.7 Å². The van der Waals surface area contributed by atoms with Crippen LogP contribution >= 0.6 is 11.8 Å². The molecular weight excluding hydrogens is 478 g/mol. The highest BCUT2D eigenvalue weighted by atomic mass is 32.2. The van der Waals surface area contributed by atoms with Gasteiger partial charge in [-0.05, 0) is 57.1 Å². The lowest BCUT2D eigenvalue weighted by molar-refractivity contribution is -0.243. The number of ether oxygens (including phenoxy) is 3. The number of hydrogen-bond acceptors (Lipinski definition) is 7. The first-order valence-electron chi connectivity index (χ1n) is 12.8. The maximum Gasteiger partial charge on any atom is 0.319 e. The van der Waals surface area contributed by atoms with Crippen LogP contribution in [0.3, 0.4) is 0 Å². The molecule has 1 unspecified atom stereocenters. The molecule has 4 aliphatic carbocycles. The minimum absolute atomic E-state index is 0.0924. The van der Waals surface area contributed by atoms with E-state index in [-0.39, 0.29) is 48.9 Å². The fraction of sp³-hybridized carbons (Fsp3) is 0.846. The molecule has 0 spiro atoms. The van der Waals surface area contributed by atoms with Crippen molar-refractivity contribution in [2.45, 2.75) is 106 Å². The highest BCUT2D eigenvalue weighted by molar-refractivity contribution is 8.01. The number of ketones is 1. The molecule has 5 fully saturated rings. The molecule has 0 radical (unpaired) electrons. The minimum Gasteiger partial charge on any atom is -0.465 e. The van der Waals surface area contributed by atoms with Crippen molar-refractivity contribution in [2.75, 3.05) is 6.61 Å². The van der Waals surface area contributed by atoms with Crippen LogP contribution in [0.4, 0.5) is 8.78 Å². The Morgan fingerprint density at radius 2 is 1.89 bits per heavy atom. The number of alkyl halides is 2. The first kappa shape index (κ1) is 24.3. The molecule has 3 saturated carbocycles. The summed E-state index contributed by atoms with van der Waals surface area (Å²) in [6.45, 7) is 7.67. The Kier molecular flexibility index (Phi) is 5.07. The van der Waals surface area contributed by atoms with Crippen LogP contribution in [0.1, 0.15) is 66.2 Å². The predicted molar refractivity (Wildman–Crippen MR) is 124 cm³/mol. The van der Waals surface area contributed by atoms with Crippen LogP contribution in [0.2, 0.25) is 0 Å². The number of rotatable bonds is 2. The van der Waals surface area contributed by atoms with Gasteiger partial charge in [0.05, 0.1) is 12.7 Å². The van der Waals surface area contributed by atoms with Crippen molar-refractivity contribution in [1.29, 1.82) is 0 Å². The molecule has 194 valence electrons. The lowest BCUT2D eigenvalue weighted by Crippen LogP contribution is -2.70. The highest BCUT2D eigenvalue weighted by Crippen LogP contribution is 2.75. The van der Waals surface area contributed by atoms with Gasteiger partial charge in [-0.1, -0.05) is 13.8 Å². The summed E-state index contributed by atoms with van der Waals surface area (Å²) in [7, 11) is 0. The second kappa shape index (κ2) is 7.29. The van der Waals surface area contributed by atoms with E-state index >= 15 is 8.78 Å². The molecule has 6 aliphatic rings. The second-order valence-electron chi connectivity index (χ2n) is 12.3. The van der Waals surface area contributed by atoms with Crippen LogP contribution in [0.25, 0.3) is 0 Å². The van der Waals surface area contributed by atoms with Gasteiger partial charge in [0, 0.05) is 29.6 Å². The first-order valence-corrected chi connectivity index (χ1v) is 13.6. The fourth-order valence-electron chi connectivity index (χ4n) is 8.57. The summed E-state index contributed by atoms with van der Waals surface area (Å²) in [5.74, 6) is -2.48. The standard InChI is InChI=1S/C26H34F2O6S/c1-22(2)33-20-11-14-15-10-17(27)16-9-13(29)5-7-23(16,3)25(15,28)19(30)12-24(14,4)26(20,34-22)35-18-6-8-32-21(18)31/h9,14-15,17-20,30H,5-8,10-12H2,1-4H3/t14-,15-,17-,18?,19-,20+,23-,24-,25-,26-/m0/s1.